The van der Waals surface area contributed by atoms with Gasteiger partial charge in [-0.1, -0.05) is 12.5 Å². The molecule has 2 saturated heterocycles. The summed E-state index contributed by atoms with van der Waals surface area (Å²) in [5.74, 6) is 1.69. The first-order chi connectivity index (χ1) is 15.8. The molecule has 4 rings (SSSR count). The van der Waals surface area contributed by atoms with Crippen molar-refractivity contribution in [3.8, 4) is 5.88 Å². The smallest absolute Gasteiger partial charge is 0.213 e. The van der Waals surface area contributed by atoms with Gasteiger partial charge < -0.3 is 24.4 Å². The van der Waals surface area contributed by atoms with Crippen molar-refractivity contribution in [3.05, 3.63) is 23.9 Å². The molecule has 2 aliphatic heterocycles. The van der Waals surface area contributed by atoms with Crippen LogP contribution in [0.4, 0.5) is 0 Å². The number of guanidine groups is 1. The molecule has 7 nitrogen and oxygen atoms in total. The fourth-order valence-corrected chi connectivity index (χ4v) is 4.87. The van der Waals surface area contributed by atoms with Crippen molar-refractivity contribution >= 4 is 29.9 Å². The first-order valence-electron chi connectivity index (χ1n) is 12.6. The highest BCUT2D eigenvalue weighted by Gasteiger charge is 2.24. The van der Waals surface area contributed by atoms with Gasteiger partial charge in [-0.2, -0.15) is 0 Å². The number of pyridine rings is 1. The molecule has 1 N–H and O–H groups in total. The molecule has 0 aromatic carbocycles. The van der Waals surface area contributed by atoms with Gasteiger partial charge in [-0.3, -0.25) is 4.99 Å². The third-order valence-corrected chi connectivity index (χ3v) is 6.83. The van der Waals surface area contributed by atoms with Gasteiger partial charge >= 0.3 is 0 Å². The van der Waals surface area contributed by atoms with Crippen LogP contribution in [0.25, 0.3) is 0 Å². The van der Waals surface area contributed by atoms with Gasteiger partial charge in [0.2, 0.25) is 5.88 Å². The van der Waals surface area contributed by atoms with Gasteiger partial charge in [-0.25, -0.2) is 4.98 Å². The summed E-state index contributed by atoms with van der Waals surface area (Å²) >= 11 is 0. The maximum Gasteiger partial charge on any atom is 0.213 e. The number of rotatable bonds is 7. The van der Waals surface area contributed by atoms with Crippen molar-refractivity contribution in [2.45, 2.75) is 89.1 Å². The molecule has 1 aliphatic carbocycles. The maximum atomic E-state index is 6.15. The summed E-state index contributed by atoms with van der Waals surface area (Å²) < 4.78 is 18.0. The molecule has 1 aromatic rings. The third-order valence-electron chi connectivity index (χ3n) is 6.83. The minimum atomic E-state index is 0. The summed E-state index contributed by atoms with van der Waals surface area (Å²) in [5, 5.41) is 3.49. The van der Waals surface area contributed by atoms with Crippen LogP contribution in [0.2, 0.25) is 0 Å². The maximum absolute atomic E-state index is 6.15. The van der Waals surface area contributed by atoms with E-state index >= 15 is 0 Å². The lowest BCUT2D eigenvalue weighted by atomic mass is 9.98. The lowest BCUT2D eigenvalue weighted by molar-refractivity contribution is -0.0721. The average molecular weight is 573 g/mol. The predicted octanol–water partition coefficient (Wildman–Crippen LogP) is 4.54. The van der Waals surface area contributed by atoms with E-state index in [1.807, 2.05) is 19.3 Å². The molecule has 33 heavy (non-hydrogen) atoms. The van der Waals surface area contributed by atoms with Gasteiger partial charge in [0.15, 0.2) is 5.96 Å². The van der Waals surface area contributed by atoms with E-state index in [4.69, 9.17) is 14.2 Å². The van der Waals surface area contributed by atoms with Crippen molar-refractivity contribution in [2.24, 2.45) is 4.99 Å². The van der Waals surface area contributed by atoms with Gasteiger partial charge in [-0.15, -0.1) is 24.0 Å². The fraction of sp³-hybridized carbons (Fsp3) is 0.760. The summed E-state index contributed by atoms with van der Waals surface area (Å²) in [6.45, 7) is 4.26. The molecule has 1 unspecified atom stereocenters. The molecular formula is C25H41IN4O3. The summed E-state index contributed by atoms with van der Waals surface area (Å²) in [7, 11) is 1.85. The molecule has 1 aromatic heterocycles. The van der Waals surface area contributed by atoms with Crippen LogP contribution in [0, 0.1) is 0 Å². The molecule has 3 heterocycles. The zero-order valence-corrected chi connectivity index (χ0v) is 22.4. The summed E-state index contributed by atoms with van der Waals surface area (Å²) in [4.78, 5) is 11.3. The number of nitrogens with zero attached hydrogens (tertiary/aromatic N) is 3. The highest BCUT2D eigenvalue weighted by atomic mass is 127. The molecule has 0 amide bonds. The molecule has 3 fully saturated rings. The van der Waals surface area contributed by atoms with E-state index in [2.05, 4.69) is 26.3 Å². The predicted molar refractivity (Wildman–Crippen MR) is 141 cm³/mol. The third kappa shape index (κ3) is 8.55. The Morgan fingerprint density at radius 3 is 2.52 bits per heavy atom. The number of hydrogen-bond acceptors (Lipinski definition) is 5. The molecule has 0 radical (unpaired) electrons. The fourth-order valence-electron chi connectivity index (χ4n) is 4.87. The number of nitrogens with one attached hydrogen (secondary N) is 1. The van der Waals surface area contributed by atoms with Crippen molar-refractivity contribution in [3.63, 3.8) is 0 Å². The van der Waals surface area contributed by atoms with Crippen molar-refractivity contribution in [1.29, 1.82) is 0 Å². The minimum Gasteiger partial charge on any atom is -0.474 e. The van der Waals surface area contributed by atoms with Crippen molar-refractivity contribution in [1.82, 2.24) is 15.2 Å². The number of aliphatic imine (C=N–C) groups is 1. The van der Waals surface area contributed by atoms with Gasteiger partial charge in [0, 0.05) is 45.6 Å². The number of halogens is 1. The Labute approximate surface area is 216 Å². The van der Waals surface area contributed by atoms with Crippen LogP contribution in [0.15, 0.2) is 23.3 Å². The topological polar surface area (TPSA) is 68.2 Å². The Morgan fingerprint density at radius 2 is 1.85 bits per heavy atom. The second kappa shape index (κ2) is 14.3. The molecule has 3 aliphatic rings. The van der Waals surface area contributed by atoms with Crippen LogP contribution in [-0.4, -0.2) is 67.5 Å². The molecule has 1 saturated carbocycles. The normalized spacial score (nSPS) is 23.1. The average Bonchev–Trinajstić information content (AvgIpc) is 2.86. The van der Waals surface area contributed by atoms with Crippen LogP contribution in [-0.2, 0) is 16.0 Å². The highest BCUT2D eigenvalue weighted by molar-refractivity contribution is 14.0. The Kier molecular flexibility index (Phi) is 11.5. The van der Waals surface area contributed by atoms with Crippen molar-refractivity contribution < 1.29 is 14.2 Å². The van der Waals surface area contributed by atoms with Crippen molar-refractivity contribution in [2.75, 3.05) is 33.4 Å². The quantitative estimate of drug-likeness (QED) is 0.294. The van der Waals surface area contributed by atoms with Crippen LogP contribution in [0.1, 0.15) is 69.8 Å². The largest absolute Gasteiger partial charge is 0.474 e. The number of aromatic nitrogens is 1. The molecule has 186 valence electrons. The van der Waals surface area contributed by atoms with Crippen LogP contribution in [0.5, 0.6) is 5.88 Å². The van der Waals surface area contributed by atoms with Crippen LogP contribution < -0.4 is 10.1 Å². The number of ether oxygens (including phenoxy) is 3. The monoisotopic (exact) mass is 572 g/mol. The Balaban J connectivity index is 0.00000306. The van der Waals surface area contributed by atoms with Crippen LogP contribution in [0.3, 0.4) is 0 Å². The van der Waals surface area contributed by atoms with E-state index < -0.39 is 0 Å². The first-order valence-corrected chi connectivity index (χ1v) is 12.6. The van der Waals surface area contributed by atoms with E-state index in [0.29, 0.717) is 24.9 Å². The van der Waals surface area contributed by atoms with Gasteiger partial charge in [0.1, 0.15) is 6.10 Å². The zero-order valence-electron chi connectivity index (χ0n) is 20.0. The Bertz CT molecular complexity index is 698. The number of piperidine rings is 1. The van der Waals surface area contributed by atoms with E-state index in [0.717, 1.165) is 75.8 Å². The second-order valence-corrected chi connectivity index (χ2v) is 9.29. The Morgan fingerprint density at radius 1 is 1.06 bits per heavy atom. The van der Waals surface area contributed by atoms with E-state index in [-0.39, 0.29) is 24.0 Å². The second-order valence-electron chi connectivity index (χ2n) is 9.29. The summed E-state index contributed by atoms with van der Waals surface area (Å²) in [5.41, 5.74) is 1.13. The number of likely N-dealkylation sites (tertiary alicyclic amines) is 1. The standard InChI is InChI=1S/C25H40N4O3.HI/c1-26-25(29-14-12-21(13-15-29)31-19-23-9-5-6-16-30-23)28-18-20-10-11-24(27-17-20)32-22-7-3-2-4-8-22;/h10-11,17,21-23H,2-9,12-16,18-19H2,1H3,(H,26,28);1H. The zero-order chi connectivity index (χ0) is 22.0. The Hall–Kier alpha value is -1.13. The van der Waals surface area contributed by atoms with Gasteiger partial charge in [-0.05, 0) is 63.4 Å². The van der Waals surface area contributed by atoms with Crippen LogP contribution >= 0.6 is 24.0 Å². The lowest BCUT2D eigenvalue weighted by Crippen LogP contribution is -2.47. The van der Waals surface area contributed by atoms with Gasteiger partial charge in [0.25, 0.3) is 0 Å². The summed E-state index contributed by atoms with van der Waals surface area (Å²) in [6.07, 6.45) is 14.7. The van der Waals surface area contributed by atoms with Gasteiger partial charge in [0.05, 0.1) is 18.8 Å². The molecule has 0 bridgehead atoms. The van der Waals surface area contributed by atoms with E-state index in [1.54, 1.807) is 0 Å². The molecule has 0 spiro atoms. The summed E-state index contributed by atoms with van der Waals surface area (Å²) in [6, 6.07) is 4.09. The first kappa shape index (κ1) is 26.5. The number of hydrogen-bond donors (Lipinski definition) is 1. The molecule has 8 heteroatoms. The van der Waals surface area contributed by atoms with E-state index in [1.165, 1.54) is 32.1 Å². The SMILES string of the molecule is CN=C(NCc1ccc(OC2CCCCC2)nc1)N1CCC(OCC2CCCCO2)CC1.I. The minimum absolute atomic E-state index is 0. The lowest BCUT2D eigenvalue weighted by Gasteiger charge is -2.35. The van der Waals surface area contributed by atoms with E-state index in [9.17, 15) is 0 Å². The molecular weight excluding hydrogens is 531 g/mol. The highest BCUT2D eigenvalue weighted by Crippen LogP contribution is 2.22. The molecule has 1 atom stereocenters.